The van der Waals surface area contributed by atoms with E-state index in [1.54, 1.807) is 48.5 Å². The summed E-state index contributed by atoms with van der Waals surface area (Å²) >= 11 is 0. The number of ether oxygens (including phenoxy) is 2. The molecule has 0 aliphatic heterocycles. The van der Waals surface area contributed by atoms with Crippen molar-refractivity contribution in [1.29, 1.82) is 0 Å². The van der Waals surface area contributed by atoms with Crippen LogP contribution in [-0.4, -0.2) is 25.0 Å². The Bertz CT molecular complexity index is 1100. The van der Waals surface area contributed by atoms with E-state index >= 15 is 0 Å². The average molecular weight is 457 g/mol. The minimum atomic E-state index is -0.308. The van der Waals surface area contributed by atoms with Crippen LogP contribution in [-0.2, 0) is 0 Å². The summed E-state index contributed by atoms with van der Waals surface area (Å²) in [5.41, 5.74) is 3.69. The van der Waals surface area contributed by atoms with Crippen molar-refractivity contribution in [2.45, 2.75) is 13.8 Å². The Morgan fingerprint density at radius 1 is 0.647 bits per heavy atom. The van der Waals surface area contributed by atoms with Crippen molar-refractivity contribution in [3.05, 3.63) is 108 Å². The molecular formula is C28H28N2O4. The second kappa shape index (κ2) is 11.5. The van der Waals surface area contributed by atoms with Gasteiger partial charge >= 0.3 is 0 Å². The maximum atomic E-state index is 12.7. The molecule has 0 aliphatic carbocycles. The second-order valence-electron chi connectivity index (χ2n) is 7.97. The zero-order valence-corrected chi connectivity index (χ0v) is 19.4. The van der Waals surface area contributed by atoms with Crippen molar-refractivity contribution in [2.24, 2.45) is 0 Å². The topological polar surface area (TPSA) is 76.7 Å². The van der Waals surface area contributed by atoms with E-state index in [4.69, 9.17) is 9.47 Å². The third kappa shape index (κ3) is 6.84. The SMILES string of the molecule is C=C(C)COc1ccccc1NC(=O)c1ccc(C(=O)Nc2ccccc2OCC(=C)C)cc1. The third-order valence-corrected chi connectivity index (χ3v) is 4.63. The normalized spacial score (nSPS) is 10.2. The second-order valence-corrected chi connectivity index (χ2v) is 7.97. The summed E-state index contributed by atoms with van der Waals surface area (Å²) in [5.74, 6) is 0.499. The van der Waals surface area contributed by atoms with Gasteiger partial charge in [-0.3, -0.25) is 9.59 Å². The Morgan fingerprint density at radius 2 is 1.00 bits per heavy atom. The van der Waals surface area contributed by atoms with Gasteiger partial charge in [0, 0.05) is 11.1 Å². The summed E-state index contributed by atoms with van der Waals surface area (Å²) in [4.78, 5) is 25.5. The summed E-state index contributed by atoms with van der Waals surface area (Å²) < 4.78 is 11.4. The van der Waals surface area contributed by atoms with E-state index in [9.17, 15) is 9.59 Å². The number of anilines is 2. The van der Waals surface area contributed by atoms with E-state index in [1.165, 1.54) is 0 Å². The van der Waals surface area contributed by atoms with E-state index in [1.807, 2.05) is 38.1 Å². The van der Waals surface area contributed by atoms with Gasteiger partial charge in [-0.05, 0) is 73.5 Å². The number of benzene rings is 3. The lowest BCUT2D eigenvalue weighted by Gasteiger charge is -2.13. The molecule has 0 saturated carbocycles. The lowest BCUT2D eigenvalue weighted by atomic mass is 10.1. The molecule has 0 radical (unpaired) electrons. The van der Waals surface area contributed by atoms with Crippen molar-refractivity contribution in [1.82, 2.24) is 0 Å². The van der Waals surface area contributed by atoms with Gasteiger partial charge in [-0.25, -0.2) is 0 Å². The maximum absolute atomic E-state index is 12.7. The van der Waals surface area contributed by atoms with Crippen LogP contribution in [0.5, 0.6) is 11.5 Å². The Hall–Kier alpha value is -4.32. The molecule has 6 heteroatoms. The lowest BCUT2D eigenvalue weighted by Crippen LogP contribution is -2.15. The third-order valence-electron chi connectivity index (χ3n) is 4.63. The van der Waals surface area contributed by atoms with Crippen LogP contribution in [0.15, 0.2) is 97.1 Å². The molecule has 2 N–H and O–H groups in total. The Morgan fingerprint density at radius 3 is 1.35 bits per heavy atom. The molecule has 0 bridgehead atoms. The zero-order chi connectivity index (χ0) is 24.5. The van der Waals surface area contributed by atoms with Gasteiger partial charge < -0.3 is 20.1 Å². The molecule has 3 rings (SSSR count). The minimum absolute atomic E-state index is 0.308. The summed E-state index contributed by atoms with van der Waals surface area (Å²) in [6, 6.07) is 20.8. The van der Waals surface area contributed by atoms with Gasteiger partial charge in [0.25, 0.3) is 11.8 Å². The molecule has 3 aromatic carbocycles. The molecule has 0 heterocycles. The molecule has 34 heavy (non-hydrogen) atoms. The summed E-state index contributed by atoms with van der Waals surface area (Å²) in [6.45, 7) is 12.1. The zero-order valence-electron chi connectivity index (χ0n) is 19.4. The molecule has 0 aromatic heterocycles. The van der Waals surface area contributed by atoms with Gasteiger partial charge in [-0.2, -0.15) is 0 Å². The number of para-hydroxylation sites is 4. The first kappa shape index (κ1) is 24.3. The minimum Gasteiger partial charge on any atom is -0.487 e. The number of nitrogens with one attached hydrogen (secondary N) is 2. The van der Waals surface area contributed by atoms with Crippen LogP contribution in [0.2, 0.25) is 0 Å². The van der Waals surface area contributed by atoms with Crippen LogP contribution in [0.1, 0.15) is 34.6 Å². The van der Waals surface area contributed by atoms with Gasteiger partial charge in [0.15, 0.2) is 0 Å². The highest BCUT2D eigenvalue weighted by atomic mass is 16.5. The van der Waals surface area contributed by atoms with Gasteiger partial charge in [-0.15, -0.1) is 0 Å². The highest BCUT2D eigenvalue weighted by molar-refractivity contribution is 6.07. The van der Waals surface area contributed by atoms with E-state index in [-0.39, 0.29) is 11.8 Å². The van der Waals surface area contributed by atoms with E-state index in [0.29, 0.717) is 47.2 Å². The molecule has 174 valence electrons. The van der Waals surface area contributed by atoms with E-state index in [2.05, 4.69) is 23.8 Å². The number of hydrogen-bond acceptors (Lipinski definition) is 4. The molecular weight excluding hydrogens is 428 g/mol. The first-order valence-electron chi connectivity index (χ1n) is 10.8. The van der Waals surface area contributed by atoms with Crippen LogP contribution in [0, 0.1) is 0 Å². The number of carbonyl (C=O) groups is 2. The van der Waals surface area contributed by atoms with Gasteiger partial charge in [0.05, 0.1) is 11.4 Å². The highest BCUT2D eigenvalue weighted by Crippen LogP contribution is 2.26. The molecule has 0 unspecified atom stereocenters. The standard InChI is InChI=1S/C28H28N2O4/c1-19(2)17-33-25-11-7-5-9-23(25)29-27(31)21-13-15-22(16-14-21)28(32)30-24-10-6-8-12-26(24)34-18-20(3)4/h5-16H,1,3,17-18H2,2,4H3,(H,29,31)(H,30,32). The van der Waals surface area contributed by atoms with Crippen LogP contribution in [0.25, 0.3) is 0 Å². The molecule has 0 saturated heterocycles. The predicted octanol–water partition coefficient (Wildman–Crippen LogP) is 6.10. The summed E-state index contributed by atoms with van der Waals surface area (Å²) in [7, 11) is 0. The van der Waals surface area contributed by atoms with Crippen molar-refractivity contribution >= 4 is 23.2 Å². The van der Waals surface area contributed by atoms with Gasteiger partial charge in [-0.1, -0.05) is 37.4 Å². The fraction of sp³-hybridized carbons (Fsp3) is 0.143. The van der Waals surface area contributed by atoms with Crippen LogP contribution >= 0.6 is 0 Å². The first-order chi connectivity index (χ1) is 16.3. The van der Waals surface area contributed by atoms with Crippen LogP contribution in [0.3, 0.4) is 0 Å². The van der Waals surface area contributed by atoms with E-state index < -0.39 is 0 Å². The Kier molecular flexibility index (Phi) is 8.24. The monoisotopic (exact) mass is 456 g/mol. The summed E-state index contributed by atoms with van der Waals surface area (Å²) in [5, 5.41) is 5.70. The van der Waals surface area contributed by atoms with Crippen molar-refractivity contribution in [3.8, 4) is 11.5 Å². The predicted molar refractivity (Wildman–Crippen MR) is 136 cm³/mol. The van der Waals surface area contributed by atoms with Crippen molar-refractivity contribution < 1.29 is 19.1 Å². The average Bonchev–Trinajstić information content (AvgIpc) is 2.83. The fourth-order valence-corrected chi connectivity index (χ4v) is 2.96. The number of hydrogen-bond donors (Lipinski definition) is 2. The smallest absolute Gasteiger partial charge is 0.255 e. The molecule has 2 amide bonds. The van der Waals surface area contributed by atoms with Gasteiger partial charge in [0.1, 0.15) is 24.7 Å². The molecule has 0 spiro atoms. The number of amides is 2. The van der Waals surface area contributed by atoms with Crippen LogP contribution < -0.4 is 20.1 Å². The highest BCUT2D eigenvalue weighted by Gasteiger charge is 2.13. The number of carbonyl (C=O) groups excluding carboxylic acids is 2. The molecule has 0 aliphatic rings. The summed E-state index contributed by atoms with van der Waals surface area (Å²) in [6.07, 6.45) is 0. The largest absolute Gasteiger partial charge is 0.487 e. The maximum Gasteiger partial charge on any atom is 0.255 e. The number of rotatable bonds is 10. The fourth-order valence-electron chi connectivity index (χ4n) is 2.96. The quantitative estimate of drug-likeness (QED) is 0.361. The molecule has 0 atom stereocenters. The first-order valence-corrected chi connectivity index (χ1v) is 10.8. The van der Waals surface area contributed by atoms with E-state index in [0.717, 1.165) is 11.1 Å². The Balaban J connectivity index is 1.67. The molecule has 3 aromatic rings. The van der Waals surface area contributed by atoms with Crippen molar-refractivity contribution in [2.75, 3.05) is 23.8 Å². The lowest BCUT2D eigenvalue weighted by molar-refractivity contribution is 0.101. The van der Waals surface area contributed by atoms with Crippen LogP contribution in [0.4, 0.5) is 11.4 Å². The molecule has 0 fully saturated rings. The Labute approximate surface area is 199 Å². The van der Waals surface area contributed by atoms with Gasteiger partial charge in [0.2, 0.25) is 0 Å². The van der Waals surface area contributed by atoms with Crippen molar-refractivity contribution in [3.63, 3.8) is 0 Å². The molecule has 6 nitrogen and oxygen atoms in total.